The fraction of sp³-hybridized carbons (Fsp3) is 0.316. The van der Waals surface area contributed by atoms with E-state index in [1.165, 1.54) is 0 Å². The third kappa shape index (κ3) is 3.31. The molecule has 2 aromatic rings. The molecular weight excluding hydrogens is 386 g/mol. The van der Waals surface area contributed by atoms with E-state index >= 15 is 0 Å². The van der Waals surface area contributed by atoms with Crippen molar-refractivity contribution in [2.45, 2.75) is 12.8 Å². The lowest BCUT2D eigenvalue weighted by Crippen LogP contribution is -2.33. The molecule has 0 radical (unpaired) electrons. The number of para-hydroxylation sites is 1. The van der Waals surface area contributed by atoms with Gasteiger partial charge in [-0.1, -0.05) is 34.1 Å². The Kier molecular flexibility index (Phi) is 5.18. The van der Waals surface area contributed by atoms with Gasteiger partial charge in [0.25, 0.3) is 0 Å². The van der Waals surface area contributed by atoms with Gasteiger partial charge < -0.3 is 19.1 Å². The normalized spacial score (nSPS) is 14.8. The van der Waals surface area contributed by atoms with E-state index in [2.05, 4.69) is 15.9 Å². The van der Waals surface area contributed by atoms with E-state index in [0.29, 0.717) is 24.7 Å². The van der Waals surface area contributed by atoms with Crippen LogP contribution in [-0.4, -0.2) is 38.3 Å². The van der Waals surface area contributed by atoms with Crippen LogP contribution in [-0.2, 0) is 4.74 Å². The van der Waals surface area contributed by atoms with Crippen LogP contribution in [0.1, 0.15) is 24.0 Å². The van der Waals surface area contributed by atoms with Crippen LogP contribution in [0, 0.1) is 0 Å². The Morgan fingerprint density at radius 1 is 1.28 bits per heavy atom. The van der Waals surface area contributed by atoms with Crippen molar-refractivity contribution >= 4 is 22.0 Å². The number of halogens is 1. The van der Waals surface area contributed by atoms with Gasteiger partial charge in [0.05, 0.1) is 13.7 Å². The minimum Gasteiger partial charge on any atom is -0.493 e. The van der Waals surface area contributed by atoms with Crippen LogP contribution in [0.3, 0.4) is 0 Å². The lowest BCUT2D eigenvalue weighted by Gasteiger charge is -2.32. The van der Waals surface area contributed by atoms with Gasteiger partial charge in [-0.15, -0.1) is 0 Å². The zero-order chi connectivity index (χ0) is 18.0. The van der Waals surface area contributed by atoms with Crippen molar-refractivity contribution in [3.8, 4) is 17.2 Å². The largest absolute Gasteiger partial charge is 0.493 e. The molecule has 0 aliphatic carbocycles. The molecule has 1 aliphatic heterocycles. The predicted molar refractivity (Wildman–Crippen MR) is 98.7 cm³/mol. The summed E-state index contributed by atoms with van der Waals surface area (Å²) in [5.74, 6) is 2.06. The lowest BCUT2D eigenvalue weighted by atomic mass is 9.87. The second-order valence-electron chi connectivity index (χ2n) is 5.76. The fourth-order valence-corrected chi connectivity index (χ4v) is 3.63. The number of fused-ring (bicyclic) bond motifs is 2. The number of likely N-dealkylation sites (N-methyl/N-ethyl adjacent to an activating group) is 1. The summed E-state index contributed by atoms with van der Waals surface area (Å²) in [6.07, 6.45) is -0.341. The van der Waals surface area contributed by atoms with Crippen molar-refractivity contribution in [3.05, 3.63) is 52.0 Å². The van der Waals surface area contributed by atoms with Crippen LogP contribution in [0.4, 0.5) is 4.79 Å². The summed E-state index contributed by atoms with van der Waals surface area (Å²) in [5.41, 5.74) is 1.99. The summed E-state index contributed by atoms with van der Waals surface area (Å²) in [4.78, 5) is 13.7. The van der Waals surface area contributed by atoms with Gasteiger partial charge in [-0.25, -0.2) is 4.79 Å². The first-order valence-corrected chi connectivity index (χ1v) is 8.87. The van der Waals surface area contributed by atoms with E-state index in [1.54, 1.807) is 26.0 Å². The number of amides is 1. The van der Waals surface area contributed by atoms with Crippen molar-refractivity contribution < 1.29 is 19.0 Å². The van der Waals surface area contributed by atoms with Gasteiger partial charge in [0, 0.05) is 35.1 Å². The van der Waals surface area contributed by atoms with Gasteiger partial charge in [-0.05, 0) is 25.1 Å². The SMILES string of the molecule is CCOC(=O)N(C)CC1c2ccccc2Oc2c(OC)ccc(Br)c21. The number of ether oxygens (including phenoxy) is 3. The summed E-state index contributed by atoms with van der Waals surface area (Å²) in [7, 11) is 3.36. The molecule has 0 spiro atoms. The van der Waals surface area contributed by atoms with Crippen molar-refractivity contribution in [3.63, 3.8) is 0 Å². The van der Waals surface area contributed by atoms with E-state index in [9.17, 15) is 4.79 Å². The van der Waals surface area contributed by atoms with Crippen LogP contribution in [0.25, 0.3) is 0 Å². The summed E-state index contributed by atoms with van der Waals surface area (Å²) < 4.78 is 17.6. The quantitative estimate of drug-likeness (QED) is 0.733. The molecule has 1 heterocycles. The minimum absolute atomic E-state index is 0.0566. The molecule has 25 heavy (non-hydrogen) atoms. The van der Waals surface area contributed by atoms with E-state index in [-0.39, 0.29) is 12.0 Å². The highest BCUT2D eigenvalue weighted by Gasteiger charge is 2.33. The molecular formula is C19H20BrNO4. The average molecular weight is 406 g/mol. The summed E-state index contributed by atoms with van der Waals surface area (Å²) in [5, 5.41) is 0. The molecule has 1 aliphatic rings. The molecule has 1 amide bonds. The molecule has 0 bridgehead atoms. The molecule has 0 fully saturated rings. The zero-order valence-electron chi connectivity index (χ0n) is 14.4. The molecule has 6 heteroatoms. The van der Waals surface area contributed by atoms with Crippen LogP contribution in [0.2, 0.25) is 0 Å². The monoisotopic (exact) mass is 405 g/mol. The van der Waals surface area contributed by atoms with Gasteiger partial charge >= 0.3 is 6.09 Å². The standard InChI is InChI=1S/C19H20BrNO4/c1-4-24-19(22)21(2)11-13-12-7-5-6-8-15(12)25-18-16(23-3)10-9-14(20)17(13)18/h5-10,13H,4,11H2,1-3H3. The Balaban J connectivity index is 2.07. The molecule has 0 aromatic heterocycles. The lowest BCUT2D eigenvalue weighted by molar-refractivity contribution is 0.115. The van der Waals surface area contributed by atoms with Crippen LogP contribution >= 0.6 is 15.9 Å². The zero-order valence-corrected chi connectivity index (χ0v) is 16.0. The Hall–Kier alpha value is -2.21. The topological polar surface area (TPSA) is 48.0 Å². The molecule has 1 unspecified atom stereocenters. The molecule has 3 rings (SSSR count). The van der Waals surface area contributed by atoms with Gasteiger partial charge in [-0.3, -0.25) is 0 Å². The number of carbonyl (C=O) groups excluding carboxylic acids is 1. The predicted octanol–water partition coefficient (Wildman–Crippen LogP) is 4.78. The van der Waals surface area contributed by atoms with Gasteiger partial charge in [-0.2, -0.15) is 0 Å². The number of methoxy groups -OCH3 is 1. The highest BCUT2D eigenvalue weighted by atomic mass is 79.9. The van der Waals surface area contributed by atoms with Gasteiger partial charge in [0.1, 0.15) is 5.75 Å². The number of nitrogens with zero attached hydrogens (tertiary/aromatic N) is 1. The van der Waals surface area contributed by atoms with E-state index in [1.807, 2.05) is 36.4 Å². The number of hydrogen-bond donors (Lipinski definition) is 0. The summed E-state index contributed by atoms with van der Waals surface area (Å²) >= 11 is 3.63. The van der Waals surface area contributed by atoms with Crippen molar-refractivity contribution in [2.24, 2.45) is 0 Å². The maximum Gasteiger partial charge on any atom is 0.409 e. The van der Waals surface area contributed by atoms with E-state index in [4.69, 9.17) is 14.2 Å². The second-order valence-corrected chi connectivity index (χ2v) is 6.62. The number of rotatable bonds is 4. The molecule has 5 nitrogen and oxygen atoms in total. The Bertz CT molecular complexity index is 793. The van der Waals surface area contributed by atoms with Gasteiger partial charge in [0.2, 0.25) is 0 Å². The van der Waals surface area contributed by atoms with Crippen molar-refractivity contribution in [2.75, 3.05) is 27.3 Å². The first-order chi connectivity index (χ1) is 12.1. The Labute approximate surface area is 155 Å². The fourth-order valence-electron chi connectivity index (χ4n) is 3.04. The Morgan fingerprint density at radius 3 is 2.76 bits per heavy atom. The third-order valence-electron chi connectivity index (χ3n) is 4.22. The van der Waals surface area contributed by atoms with Crippen LogP contribution in [0.15, 0.2) is 40.9 Å². The first kappa shape index (κ1) is 17.6. The highest BCUT2D eigenvalue weighted by molar-refractivity contribution is 9.10. The molecule has 2 aromatic carbocycles. The molecule has 132 valence electrons. The molecule has 0 saturated carbocycles. The van der Waals surface area contributed by atoms with Gasteiger partial charge in [0.15, 0.2) is 11.5 Å². The summed E-state index contributed by atoms with van der Waals surface area (Å²) in [6, 6.07) is 11.7. The van der Waals surface area contributed by atoms with Crippen molar-refractivity contribution in [1.29, 1.82) is 0 Å². The first-order valence-electron chi connectivity index (χ1n) is 8.07. The Morgan fingerprint density at radius 2 is 2.04 bits per heavy atom. The third-order valence-corrected chi connectivity index (χ3v) is 4.91. The van der Waals surface area contributed by atoms with Crippen LogP contribution < -0.4 is 9.47 Å². The maximum atomic E-state index is 12.1. The average Bonchev–Trinajstić information content (AvgIpc) is 2.62. The maximum absolute atomic E-state index is 12.1. The minimum atomic E-state index is -0.341. The second kappa shape index (κ2) is 7.35. The number of carbonyl (C=O) groups is 1. The summed E-state index contributed by atoms with van der Waals surface area (Å²) in [6.45, 7) is 2.62. The molecule has 0 saturated heterocycles. The smallest absolute Gasteiger partial charge is 0.409 e. The van der Waals surface area contributed by atoms with E-state index < -0.39 is 0 Å². The molecule has 0 N–H and O–H groups in total. The number of hydrogen-bond acceptors (Lipinski definition) is 4. The van der Waals surface area contributed by atoms with Crippen LogP contribution in [0.5, 0.6) is 17.2 Å². The van der Waals surface area contributed by atoms with E-state index in [0.717, 1.165) is 21.3 Å². The molecule has 1 atom stereocenters. The highest BCUT2D eigenvalue weighted by Crippen LogP contribution is 2.51. The van der Waals surface area contributed by atoms with Crippen molar-refractivity contribution in [1.82, 2.24) is 4.90 Å². The number of benzene rings is 2.